The molecule has 2 bridgehead atoms. The predicted molar refractivity (Wildman–Crippen MR) is 230 cm³/mol. The maximum absolute atomic E-state index is 12.8. The molecule has 0 aromatic carbocycles. The van der Waals surface area contributed by atoms with Crippen LogP contribution in [0, 0.1) is 0 Å². The first-order chi connectivity index (χ1) is 30.0. The number of carboxylic acids is 2. The number of rotatable bonds is 17. The molecular formula is C34H48MnN16O10S3. The van der Waals surface area contributed by atoms with Gasteiger partial charge in [-0.1, -0.05) is 6.07 Å². The summed E-state index contributed by atoms with van der Waals surface area (Å²) in [5.74, 6) is -3.66. The van der Waals surface area contributed by atoms with Crippen molar-refractivity contribution in [1.82, 2.24) is 82.9 Å². The number of fused-ring (bicyclic) bond motifs is 2. The number of nitrogens with one attached hydrogen (secondary N) is 9. The molecule has 0 aliphatic carbocycles. The van der Waals surface area contributed by atoms with Gasteiger partial charge < -0.3 is 31.1 Å². The average Bonchev–Trinajstić information content (AvgIpc) is 3.83. The van der Waals surface area contributed by atoms with Crippen LogP contribution in [0.25, 0.3) is 0 Å². The standard InChI is InChI=1S/C34H48N16O10S3.Mn/c51-24-17-48(32(58)39-24)42-29(61)35-7-2-10-45-11-13-46(22(27(54)55)5-8-36-30(62)43-49-18-25(52)40-33(49)59)15-20-3-1-4-21(38-20)16-47(14-12-45)23(28(56)57)6-9-37-31(63)44-50-19-26(53)41-34(50)60;/h1,3-4,22-23H,2,5-19H2,(H,54,55)(H,56,57)(H2,35,42,61)(H2,36,43,62)(H2,37,44,63)(H,39,51,58)(H,40,52,59)(H,41,53,60);. The van der Waals surface area contributed by atoms with Gasteiger partial charge in [0.15, 0.2) is 15.3 Å². The van der Waals surface area contributed by atoms with Crippen molar-refractivity contribution in [1.29, 1.82) is 0 Å². The van der Waals surface area contributed by atoms with Gasteiger partial charge in [-0.3, -0.25) is 71.0 Å². The summed E-state index contributed by atoms with van der Waals surface area (Å²) in [5.41, 5.74) is 9.00. The molecule has 2 unspecified atom stereocenters. The van der Waals surface area contributed by atoms with E-state index in [1.165, 1.54) is 0 Å². The number of nitrogens with zero attached hydrogens (tertiary/aromatic N) is 7. The average molecular weight is 992 g/mol. The van der Waals surface area contributed by atoms with Crippen LogP contribution >= 0.6 is 36.7 Å². The summed E-state index contributed by atoms with van der Waals surface area (Å²) in [4.78, 5) is 107. The van der Waals surface area contributed by atoms with Crippen molar-refractivity contribution in [2.75, 3.05) is 72.0 Å². The molecule has 2 atom stereocenters. The van der Waals surface area contributed by atoms with Gasteiger partial charge in [0.25, 0.3) is 0 Å². The minimum Gasteiger partial charge on any atom is -0.480 e. The van der Waals surface area contributed by atoms with Crippen LogP contribution in [-0.4, -0.2) is 192 Å². The molecule has 11 N–H and O–H groups in total. The van der Waals surface area contributed by atoms with E-state index in [2.05, 4.69) is 53.1 Å². The third-order valence-electron chi connectivity index (χ3n) is 9.89. The second kappa shape index (κ2) is 24.4. The molecule has 1 aromatic rings. The molecule has 9 amide bonds. The number of hydrazine groups is 3. The zero-order valence-corrected chi connectivity index (χ0v) is 37.7. The molecule has 4 aliphatic heterocycles. The number of aromatic nitrogens is 1. The van der Waals surface area contributed by atoms with Crippen molar-refractivity contribution >= 4 is 99.7 Å². The van der Waals surface area contributed by atoms with E-state index in [1.807, 2.05) is 0 Å². The first-order valence-electron chi connectivity index (χ1n) is 19.6. The number of carbonyl (C=O) groups excluding carboxylic acids is 6. The predicted octanol–water partition coefficient (Wildman–Crippen LogP) is -4.13. The van der Waals surface area contributed by atoms with Crippen LogP contribution in [0.2, 0.25) is 0 Å². The Kier molecular flexibility index (Phi) is 19.5. The van der Waals surface area contributed by atoms with Crippen LogP contribution in [0.1, 0.15) is 30.7 Å². The van der Waals surface area contributed by atoms with Crippen LogP contribution in [0.3, 0.4) is 0 Å². The van der Waals surface area contributed by atoms with E-state index in [0.29, 0.717) is 44.0 Å². The van der Waals surface area contributed by atoms with E-state index in [0.717, 1.165) is 15.0 Å². The van der Waals surface area contributed by atoms with Gasteiger partial charge in [0.1, 0.15) is 31.7 Å². The number of urea groups is 3. The minimum atomic E-state index is -1.09. The fourth-order valence-electron chi connectivity index (χ4n) is 6.84. The molecule has 1 aromatic heterocycles. The SMILES string of the molecule is O=C1CN(NC(=S)NCCCN2CCN(C(CCNC(=S)NN3CC(=O)NC3=O)C(=O)O)Cc3cccc(n3)CN(C(CCNC(=S)NN3CC(=O)NC3=O)C(=O)O)CC2)C(=O)N1.[Mn]. The number of thiocarbonyl (C=S) groups is 3. The van der Waals surface area contributed by atoms with Crippen molar-refractivity contribution < 1.29 is 65.6 Å². The molecule has 0 spiro atoms. The summed E-state index contributed by atoms with van der Waals surface area (Å²) in [6.45, 7) is 1.80. The maximum Gasteiger partial charge on any atom is 0.343 e. The molecule has 26 nitrogen and oxygen atoms in total. The van der Waals surface area contributed by atoms with Crippen LogP contribution in [0.15, 0.2) is 18.2 Å². The van der Waals surface area contributed by atoms with Gasteiger partial charge in [-0.25, -0.2) is 29.4 Å². The molecule has 64 heavy (non-hydrogen) atoms. The van der Waals surface area contributed by atoms with E-state index in [4.69, 9.17) is 41.6 Å². The fourth-order valence-corrected chi connectivity index (χ4v) is 7.48. The Morgan fingerprint density at radius 1 is 0.609 bits per heavy atom. The topological polar surface area (TPSA) is 318 Å². The fraction of sp³-hybridized carbons (Fsp3) is 0.529. The first kappa shape index (κ1) is 51.0. The Bertz CT molecular complexity index is 1890. The number of carbonyl (C=O) groups is 8. The van der Waals surface area contributed by atoms with Crippen LogP contribution in [-0.2, 0) is 54.1 Å². The van der Waals surface area contributed by atoms with Crippen molar-refractivity contribution in [2.45, 2.75) is 44.4 Å². The monoisotopic (exact) mass is 991 g/mol. The number of amides is 9. The first-order valence-corrected chi connectivity index (χ1v) is 20.9. The summed E-state index contributed by atoms with van der Waals surface area (Å²) in [6.07, 6.45) is 0.686. The van der Waals surface area contributed by atoms with Gasteiger partial charge >= 0.3 is 30.0 Å². The summed E-state index contributed by atoms with van der Waals surface area (Å²) >= 11 is 15.8. The van der Waals surface area contributed by atoms with Crippen molar-refractivity contribution in [3.8, 4) is 0 Å². The zero-order valence-electron chi connectivity index (χ0n) is 34.1. The minimum absolute atomic E-state index is 0. The van der Waals surface area contributed by atoms with Crippen LogP contribution in [0.4, 0.5) is 14.4 Å². The third kappa shape index (κ3) is 15.6. The smallest absolute Gasteiger partial charge is 0.343 e. The van der Waals surface area contributed by atoms with E-state index in [9.17, 15) is 48.6 Å². The molecule has 30 heteroatoms. The van der Waals surface area contributed by atoms with Gasteiger partial charge in [-0.15, -0.1) is 0 Å². The Labute approximate surface area is 392 Å². The molecule has 4 aliphatic rings. The van der Waals surface area contributed by atoms with Gasteiger partial charge in [0.2, 0.25) is 17.7 Å². The quantitative estimate of drug-likeness (QED) is 0.0306. The molecule has 3 fully saturated rings. The summed E-state index contributed by atoms with van der Waals surface area (Å²) in [7, 11) is 0. The number of hydrogen-bond acceptors (Lipinski definition) is 15. The third-order valence-corrected chi connectivity index (χ3v) is 10.6. The Morgan fingerprint density at radius 2 is 0.984 bits per heavy atom. The summed E-state index contributed by atoms with van der Waals surface area (Å²) in [6, 6.07) is 1.28. The van der Waals surface area contributed by atoms with Gasteiger partial charge in [-0.2, -0.15) is 0 Å². The Balaban J connectivity index is 0.00000898. The summed E-state index contributed by atoms with van der Waals surface area (Å²) in [5, 5.41) is 39.4. The molecule has 1 radical (unpaired) electrons. The van der Waals surface area contributed by atoms with Crippen LogP contribution < -0.4 is 48.2 Å². The number of carboxylic acid groups (broad SMARTS) is 2. The number of pyridine rings is 1. The molecule has 5 heterocycles. The second-order valence-electron chi connectivity index (χ2n) is 14.5. The molecular weight excluding hydrogens is 944 g/mol. The number of aliphatic carboxylic acids is 2. The second-order valence-corrected chi connectivity index (χ2v) is 15.7. The molecule has 0 saturated carbocycles. The van der Waals surface area contributed by atoms with E-state index >= 15 is 0 Å². The number of hydrogen-bond donors (Lipinski definition) is 11. The molecule has 5 rings (SSSR count). The normalized spacial score (nSPS) is 18.3. The zero-order chi connectivity index (χ0) is 45.6. The van der Waals surface area contributed by atoms with E-state index in [1.54, 1.807) is 28.0 Å². The van der Waals surface area contributed by atoms with Gasteiger partial charge in [0, 0.05) is 76.0 Å². The van der Waals surface area contributed by atoms with Gasteiger partial charge in [-0.05, 0) is 74.6 Å². The van der Waals surface area contributed by atoms with Crippen molar-refractivity contribution in [2.24, 2.45) is 0 Å². The van der Waals surface area contributed by atoms with Crippen molar-refractivity contribution in [3.63, 3.8) is 0 Å². The largest absolute Gasteiger partial charge is 0.480 e. The van der Waals surface area contributed by atoms with Crippen LogP contribution in [0.5, 0.6) is 0 Å². The van der Waals surface area contributed by atoms with Gasteiger partial charge in [0.05, 0.1) is 11.4 Å². The molecule has 3 saturated heterocycles. The van der Waals surface area contributed by atoms with E-state index in [-0.39, 0.29) is 104 Å². The number of imide groups is 3. The summed E-state index contributed by atoms with van der Waals surface area (Å²) < 4.78 is 0. The molecule has 349 valence electrons. The maximum atomic E-state index is 12.8. The van der Waals surface area contributed by atoms with E-state index < -0.39 is 59.8 Å². The Morgan fingerprint density at radius 3 is 1.33 bits per heavy atom. The Hall–Kier alpha value is -5.62. The van der Waals surface area contributed by atoms with Crippen molar-refractivity contribution in [3.05, 3.63) is 29.6 Å².